The van der Waals surface area contributed by atoms with Gasteiger partial charge < -0.3 is 14.8 Å². The van der Waals surface area contributed by atoms with Gasteiger partial charge in [-0.15, -0.1) is 0 Å². The zero-order chi connectivity index (χ0) is 29.1. The lowest BCUT2D eigenvalue weighted by atomic mass is 9.95. The van der Waals surface area contributed by atoms with Crippen molar-refractivity contribution in [1.82, 2.24) is 4.57 Å². The molecule has 8 heteroatoms. The van der Waals surface area contributed by atoms with Crippen LogP contribution in [0, 0.1) is 13.8 Å². The molecule has 0 aliphatic carbocycles. The Labute approximate surface area is 242 Å². The fourth-order valence-corrected chi connectivity index (χ4v) is 5.87. The molecular formula is C33H31N3O4S. The standard InChI is InChI=1S/C33H31N3O4S/c1-6-17-40-26-12-8-23(9-13-26)19-28-32(38)36-30(24-10-14-25(39-5)15-11-24)29(22(4)34-33(36)41-28)31(37)35-27-16-7-20(2)18-21(27)3/h6-16,18-19,30H,1,17H2,2-5H3,(H,35,37)/b28-19+/t30-/m1/s1. The molecule has 1 amide bonds. The highest BCUT2D eigenvalue weighted by Crippen LogP contribution is 2.32. The number of hydrogen-bond donors (Lipinski definition) is 1. The Bertz CT molecular complexity index is 1830. The van der Waals surface area contributed by atoms with Crippen LogP contribution < -0.4 is 29.7 Å². The molecule has 5 rings (SSSR count). The van der Waals surface area contributed by atoms with Crippen molar-refractivity contribution in [3.05, 3.63) is 133 Å². The Kier molecular flexibility index (Phi) is 8.03. The van der Waals surface area contributed by atoms with Gasteiger partial charge in [-0.3, -0.25) is 14.2 Å². The molecule has 1 aromatic heterocycles. The third-order valence-electron chi connectivity index (χ3n) is 6.87. The Morgan fingerprint density at radius 1 is 1.05 bits per heavy atom. The summed E-state index contributed by atoms with van der Waals surface area (Å²) >= 11 is 1.30. The average molecular weight is 566 g/mol. The van der Waals surface area contributed by atoms with Crippen molar-refractivity contribution in [2.75, 3.05) is 19.0 Å². The number of nitrogens with one attached hydrogen (secondary N) is 1. The molecule has 0 saturated heterocycles. The van der Waals surface area contributed by atoms with Crippen molar-refractivity contribution < 1.29 is 14.3 Å². The molecule has 3 aromatic carbocycles. The van der Waals surface area contributed by atoms with Gasteiger partial charge in [0.15, 0.2) is 4.80 Å². The van der Waals surface area contributed by atoms with Crippen LogP contribution in [-0.2, 0) is 4.79 Å². The van der Waals surface area contributed by atoms with Crippen LogP contribution in [0.5, 0.6) is 11.5 Å². The monoisotopic (exact) mass is 565 g/mol. The first-order valence-electron chi connectivity index (χ1n) is 13.2. The number of nitrogens with zero attached hydrogens (tertiary/aromatic N) is 2. The molecule has 0 fully saturated rings. The third kappa shape index (κ3) is 5.78. The minimum absolute atomic E-state index is 0.217. The molecule has 4 aromatic rings. The largest absolute Gasteiger partial charge is 0.497 e. The maximum Gasteiger partial charge on any atom is 0.271 e. The highest BCUT2D eigenvalue weighted by atomic mass is 32.1. The fraction of sp³-hybridized carbons (Fsp3) is 0.182. The lowest BCUT2D eigenvalue weighted by Crippen LogP contribution is -2.40. The lowest BCUT2D eigenvalue weighted by Gasteiger charge is -2.25. The highest BCUT2D eigenvalue weighted by Gasteiger charge is 2.32. The van der Waals surface area contributed by atoms with Crippen LogP contribution in [-0.4, -0.2) is 24.2 Å². The van der Waals surface area contributed by atoms with E-state index in [9.17, 15) is 9.59 Å². The first-order chi connectivity index (χ1) is 19.8. The highest BCUT2D eigenvalue weighted by molar-refractivity contribution is 7.07. The second kappa shape index (κ2) is 11.8. The molecule has 0 spiro atoms. The summed E-state index contributed by atoms with van der Waals surface area (Å²) in [6, 6.07) is 20.1. The molecular weight excluding hydrogens is 534 g/mol. The molecule has 41 heavy (non-hydrogen) atoms. The molecule has 2 heterocycles. The molecule has 1 aliphatic rings. The number of methoxy groups -OCH3 is 1. The van der Waals surface area contributed by atoms with Crippen LogP contribution in [0.4, 0.5) is 5.69 Å². The summed E-state index contributed by atoms with van der Waals surface area (Å²) in [7, 11) is 1.60. The van der Waals surface area contributed by atoms with E-state index in [4.69, 9.17) is 14.5 Å². The van der Waals surface area contributed by atoms with E-state index in [2.05, 4.69) is 11.9 Å². The number of anilines is 1. The summed E-state index contributed by atoms with van der Waals surface area (Å²) in [5, 5.41) is 3.06. The Hall–Kier alpha value is -4.69. The van der Waals surface area contributed by atoms with E-state index >= 15 is 0 Å². The zero-order valence-electron chi connectivity index (χ0n) is 23.4. The first kappa shape index (κ1) is 27.9. The van der Waals surface area contributed by atoms with E-state index in [0.29, 0.717) is 38.6 Å². The van der Waals surface area contributed by atoms with Gasteiger partial charge in [-0.1, -0.05) is 66.0 Å². The van der Waals surface area contributed by atoms with E-state index in [1.807, 2.05) is 93.6 Å². The number of ether oxygens (including phenoxy) is 2. The SMILES string of the molecule is C=CCOc1ccc(/C=c2/sc3n(c2=O)[C@H](c2ccc(OC)cc2)C(C(=O)Nc2ccc(C)cc2C)=C(C)N=3)cc1. The topological polar surface area (TPSA) is 81.9 Å². The molecule has 1 atom stereocenters. The zero-order valence-corrected chi connectivity index (χ0v) is 24.2. The second-order valence-electron chi connectivity index (χ2n) is 9.80. The van der Waals surface area contributed by atoms with Gasteiger partial charge in [0.05, 0.1) is 29.0 Å². The van der Waals surface area contributed by atoms with Crippen LogP contribution in [0.15, 0.2) is 100 Å². The maximum atomic E-state index is 13.9. The van der Waals surface area contributed by atoms with Gasteiger partial charge >= 0.3 is 0 Å². The van der Waals surface area contributed by atoms with Gasteiger partial charge in [0, 0.05) is 5.69 Å². The van der Waals surface area contributed by atoms with Gasteiger partial charge in [0.1, 0.15) is 18.1 Å². The smallest absolute Gasteiger partial charge is 0.271 e. The number of aromatic nitrogens is 1. The third-order valence-corrected chi connectivity index (χ3v) is 7.86. The van der Waals surface area contributed by atoms with Crippen LogP contribution in [0.1, 0.15) is 35.2 Å². The van der Waals surface area contributed by atoms with Crippen LogP contribution in [0.3, 0.4) is 0 Å². The summed E-state index contributed by atoms with van der Waals surface area (Å²) in [4.78, 5) is 33.1. The Balaban J connectivity index is 1.60. The number of hydrogen-bond acceptors (Lipinski definition) is 6. The predicted molar refractivity (Wildman–Crippen MR) is 163 cm³/mol. The second-order valence-corrected chi connectivity index (χ2v) is 10.8. The average Bonchev–Trinajstić information content (AvgIpc) is 3.27. The van der Waals surface area contributed by atoms with Gasteiger partial charge in [-0.2, -0.15) is 0 Å². The molecule has 1 N–H and O–H groups in total. The fourth-order valence-electron chi connectivity index (χ4n) is 4.82. The minimum atomic E-state index is -0.667. The number of benzene rings is 3. The number of aryl methyl sites for hydroxylation is 2. The number of fused-ring (bicyclic) bond motifs is 1. The van der Waals surface area contributed by atoms with Crippen molar-refractivity contribution in [1.29, 1.82) is 0 Å². The predicted octanol–water partition coefficient (Wildman–Crippen LogP) is 5.06. The van der Waals surface area contributed by atoms with Crippen LogP contribution >= 0.6 is 11.3 Å². The number of rotatable bonds is 8. The molecule has 0 saturated carbocycles. The van der Waals surface area contributed by atoms with Gasteiger partial charge in [0.2, 0.25) is 0 Å². The lowest BCUT2D eigenvalue weighted by molar-refractivity contribution is -0.113. The number of carbonyl (C=O) groups is 1. The van der Waals surface area contributed by atoms with E-state index in [0.717, 1.165) is 28.0 Å². The molecule has 0 bridgehead atoms. The van der Waals surface area contributed by atoms with Crippen LogP contribution in [0.25, 0.3) is 6.08 Å². The summed E-state index contributed by atoms with van der Waals surface area (Å²) in [6.07, 6.45) is 3.52. The van der Waals surface area contributed by atoms with E-state index in [-0.39, 0.29) is 11.5 Å². The Morgan fingerprint density at radius 3 is 2.41 bits per heavy atom. The molecule has 0 radical (unpaired) electrons. The van der Waals surface area contributed by atoms with E-state index < -0.39 is 6.04 Å². The normalized spacial score (nSPS) is 14.7. The number of carbonyl (C=O) groups excluding carboxylic acids is 1. The first-order valence-corrected chi connectivity index (χ1v) is 14.0. The molecule has 7 nitrogen and oxygen atoms in total. The summed E-state index contributed by atoms with van der Waals surface area (Å²) < 4.78 is 13.1. The number of amides is 1. The molecule has 208 valence electrons. The number of allylic oxidation sites excluding steroid dienone is 1. The quantitative estimate of drug-likeness (QED) is 0.303. The summed E-state index contributed by atoms with van der Waals surface area (Å²) in [5.41, 5.74) is 5.17. The van der Waals surface area contributed by atoms with Crippen molar-refractivity contribution in [2.45, 2.75) is 26.8 Å². The van der Waals surface area contributed by atoms with Crippen molar-refractivity contribution in [2.24, 2.45) is 4.99 Å². The van der Waals surface area contributed by atoms with Crippen LogP contribution in [0.2, 0.25) is 0 Å². The van der Waals surface area contributed by atoms with E-state index in [1.165, 1.54) is 11.3 Å². The summed E-state index contributed by atoms with van der Waals surface area (Å²) in [6.45, 7) is 9.86. The maximum absolute atomic E-state index is 13.9. The van der Waals surface area contributed by atoms with Gasteiger partial charge in [-0.25, -0.2) is 4.99 Å². The molecule has 1 aliphatic heterocycles. The van der Waals surface area contributed by atoms with Gasteiger partial charge in [0.25, 0.3) is 11.5 Å². The minimum Gasteiger partial charge on any atom is -0.497 e. The number of thiazole rings is 1. The van der Waals surface area contributed by atoms with Crippen molar-refractivity contribution in [3.63, 3.8) is 0 Å². The molecule has 0 unspecified atom stereocenters. The summed E-state index contributed by atoms with van der Waals surface area (Å²) in [5.74, 6) is 1.10. The van der Waals surface area contributed by atoms with Gasteiger partial charge in [-0.05, 0) is 73.9 Å². The van der Waals surface area contributed by atoms with Crippen molar-refractivity contribution in [3.8, 4) is 11.5 Å². The van der Waals surface area contributed by atoms with E-state index in [1.54, 1.807) is 17.8 Å². The van der Waals surface area contributed by atoms with Crippen molar-refractivity contribution >= 4 is 29.0 Å². The Morgan fingerprint density at radius 2 is 1.76 bits per heavy atom.